The molecule has 1 saturated carbocycles. The van der Waals surface area contributed by atoms with Crippen LogP contribution in [-0.4, -0.2) is 29.2 Å². The van der Waals surface area contributed by atoms with E-state index < -0.39 is 0 Å². The molecule has 1 fully saturated rings. The number of fused-ring (bicyclic) bond motifs is 3. The van der Waals surface area contributed by atoms with Crippen LogP contribution in [0.5, 0.6) is 5.75 Å². The lowest BCUT2D eigenvalue weighted by Crippen LogP contribution is -2.24. The van der Waals surface area contributed by atoms with Crippen molar-refractivity contribution >= 4 is 16.6 Å². The van der Waals surface area contributed by atoms with Crippen LogP contribution in [0.15, 0.2) is 33.8 Å². The van der Waals surface area contributed by atoms with Crippen molar-refractivity contribution in [1.29, 1.82) is 0 Å². The van der Waals surface area contributed by atoms with Crippen molar-refractivity contribution in [3.63, 3.8) is 0 Å². The molecule has 1 aliphatic carbocycles. The zero-order valence-electron chi connectivity index (χ0n) is 14.4. The molecule has 1 aliphatic rings. The van der Waals surface area contributed by atoms with Gasteiger partial charge in [-0.3, -0.25) is 9.20 Å². The Balaban J connectivity index is 1.85. The van der Waals surface area contributed by atoms with Gasteiger partial charge in [0.15, 0.2) is 0 Å². The maximum absolute atomic E-state index is 13.2. The van der Waals surface area contributed by atoms with E-state index in [0.29, 0.717) is 34.4 Å². The molecule has 26 heavy (non-hydrogen) atoms. The minimum atomic E-state index is -0.205. The topological polar surface area (TPSA) is 98.5 Å². The van der Waals surface area contributed by atoms with Crippen LogP contribution in [0.3, 0.4) is 0 Å². The lowest BCUT2D eigenvalue weighted by atomic mass is 10.2. The van der Waals surface area contributed by atoms with Crippen LogP contribution in [0.25, 0.3) is 28.1 Å². The van der Waals surface area contributed by atoms with Crippen LogP contribution >= 0.6 is 0 Å². The fourth-order valence-electron chi connectivity index (χ4n) is 3.37. The van der Waals surface area contributed by atoms with Gasteiger partial charge in [0.25, 0.3) is 5.56 Å². The van der Waals surface area contributed by atoms with Crippen LogP contribution in [-0.2, 0) is 0 Å². The van der Waals surface area contributed by atoms with E-state index in [1.165, 1.54) is 0 Å². The van der Waals surface area contributed by atoms with E-state index in [9.17, 15) is 9.90 Å². The molecule has 8 nitrogen and oxygen atoms in total. The fourth-order valence-corrected chi connectivity index (χ4v) is 3.37. The number of hydrogen-bond acceptors (Lipinski definition) is 6. The van der Waals surface area contributed by atoms with Gasteiger partial charge in [0, 0.05) is 18.0 Å². The van der Waals surface area contributed by atoms with Gasteiger partial charge in [-0.05, 0) is 38.8 Å². The Kier molecular flexibility index (Phi) is 3.01. The average Bonchev–Trinajstić information content (AvgIpc) is 3.16. The Morgan fingerprint density at radius 3 is 2.81 bits per heavy atom. The molecule has 0 radical (unpaired) electrons. The highest BCUT2D eigenvalue weighted by atomic mass is 16.5. The van der Waals surface area contributed by atoms with Gasteiger partial charge in [-0.15, -0.1) is 0 Å². The van der Waals surface area contributed by atoms with E-state index >= 15 is 0 Å². The normalized spacial score (nSPS) is 14.7. The largest absolute Gasteiger partial charge is 0.508 e. The Hall–Kier alpha value is -3.16. The van der Waals surface area contributed by atoms with Crippen LogP contribution in [0, 0.1) is 0 Å². The summed E-state index contributed by atoms with van der Waals surface area (Å²) in [6.07, 6.45) is 3.70. The maximum Gasteiger partial charge on any atom is 0.278 e. The van der Waals surface area contributed by atoms with Gasteiger partial charge in [0.1, 0.15) is 23.3 Å². The van der Waals surface area contributed by atoms with Gasteiger partial charge in [-0.2, -0.15) is 4.98 Å². The summed E-state index contributed by atoms with van der Waals surface area (Å²) in [5.74, 6) is 1.38. The SMILES string of the molecule is CC(C)n1c(=O)c2c(-c3noc(C4CC4)n3)ncn2c2ccc(O)cc21. The van der Waals surface area contributed by atoms with Crippen molar-refractivity contribution in [3.05, 3.63) is 40.8 Å². The number of aromatic nitrogens is 5. The van der Waals surface area contributed by atoms with Crippen molar-refractivity contribution in [2.24, 2.45) is 0 Å². The smallest absolute Gasteiger partial charge is 0.278 e. The van der Waals surface area contributed by atoms with Crippen molar-refractivity contribution < 1.29 is 9.63 Å². The fraction of sp³-hybridized carbons (Fsp3) is 0.333. The molecular weight excluding hydrogens is 334 g/mol. The molecule has 0 atom stereocenters. The molecule has 5 rings (SSSR count). The third kappa shape index (κ3) is 2.08. The molecule has 132 valence electrons. The van der Waals surface area contributed by atoms with E-state index in [1.807, 2.05) is 13.8 Å². The molecule has 0 unspecified atom stereocenters. The molecule has 1 N–H and O–H groups in total. The minimum Gasteiger partial charge on any atom is -0.508 e. The highest BCUT2D eigenvalue weighted by molar-refractivity contribution is 5.84. The Bertz CT molecular complexity index is 1210. The summed E-state index contributed by atoms with van der Waals surface area (Å²) in [7, 11) is 0. The van der Waals surface area contributed by atoms with Crippen LogP contribution < -0.4 is 5.56 Å². The highest BCUT2D eigenvalue weighted by Crippen LogP contribution is 2.39. The van der Waals surface area contributed by atoms with Gasteiger partial charge < -0.3 is 14.2 Å². The molecule has 1 aromatic carbocycles. The zero-order chi connectivity index (χ0) is 18.0. The molecule has 0 bridgehead atoms. The molecule has 8 heteroatoms. The number of imidazole rings is 1. The third-order valence-corrected chi connectivity index (χ3v) is 4.76. The number of nitrogens with zero attached hydrogens (tertiary/aromatic N) is 5. The molecular formula is C18H17N5O3. The summed E-state index contributed by atoms with van der Waals surface area (Å²) in [4.78, 5) is 22.1. The second-order valence-electron chi connectivity index (χ2n) is 6.98. The van der Waals surface area contributed by atoms with Crippen molar-refractivity contribution in [1.82, 2.24) is 24.1 Å². The number of aromatic hydroxyl groups is 1. The van der Waals surface area contributed by atoms with E-state index in [2.05, 4.69) is 15.1 Å². The van der Waals surface area contributed by atoms with Crippen molar-refractivity contribution in [2.45, 2.75) is 38.6 Å². The number of hydrogen-bond donors (Lipinski definition) is 1. The van der Waals surface area contributed by atoms with Crippen LogP contribution in [0.1, 0.15) is 44.5 Å². The first kappa shape index (κ1) is 15.1. The predicted molar refractivity (Wildman–Crippen MR) is 94.3 cm³/mol. The Labute approximate surface area is 147 Å². The minimum absolute atomic E-state index is 0.0909. The van der Waals surface area contributed by atoms with E-state index in [1.54, 1.807) is 33.5 Å². The molecule has 4 aromatic rings. The van der Waals surface area contributed by atoms with E-state index in [0.717, 1.165) is 18.4 Å². The van der Waals surface area contributed by atoms with Crippen LogP contribution in [0.2, 0.25) is 0 Å². The number of phenols is 1. The number of rotatable bonds is 3. The second-order valence-corrected chi connectivity index (χ2v) is 6.98. The quantitative estimate of drug-likeness (QED) is 0.609. The Morgan fingerprint density at radius 2 is 2.08 bits per heavy atom. The zero-order valence-corrected chi connectivity index (χ0v) is 14.4. The van der Waals surface area contributed by atoms with Gasteiger partial charge in [-0.1, -0.05) is 5.16 Å². The number of benzene rings is 1. The lowest BCUT2D eigenvalue weighted by Gasteiger charge is -2.15. The first-order valence-electron chi connectivity index (χ1n) is 8.63. The number of phenolic OH excluding ortho intramolecular Hbond substituents is 1. The van der Waals surface area contributed by atoms with Crippen LogP contribution in [0.4, 0.5) is 0 Å². The molecule has 0 amide bonds. The van der Waals surface area contributed by atoms with E-state index in [4.69, 9.17) is 4.52 Å². The molecule has 3 heterocycles. The summed E-state index contributed by atoms with van der Waals surface area (Å²) >= 11 is 0. The van der Waals surface area contributed by atoms with E-state index in [-0.39, 0.29) is 17.4 Å². The molecule has 0 aliphatic heterocycles. The Morgan fingerprint density at radius 1 is 1.27 bits per heavy atom. The van der Waals surface area contributed by atoms with Crippen molar-refractivity contribution in [3.8, 4) is 17.3 Å². The molecule has 3 aromatic heterocycles. The summed E-state index contributed by atoms with van der Waals surface area (Å²) in [5, 5.41) is 13.9. The first-order chi connectivity index (χ1) is 12.5. The summed E-state index contributed by atoms with van der Waals surface area (Å²) in [6, 6.07) is 4.87. The first-order valence-corrected chi connectivity index (χ1v) is 8.63. The van der Waals surface area contributed by atoms with Gasteiger partial charge in [-0.25, -0.2) is 4.98 Å². The molecule has 0 spiro atoms. The van der Waals surface area contributed by atoms with Gasteiger partial charge in [0.05, 0.1) is 11.0 Å². The standard InChI is InChI=1S/C18H17N5O3/c1-9(2)23-13-7-11(24)5-6-12(13)22-8-19-14(15(22)18(23)25)16-20-17(26-21-16)10-3-4-10/h5-10,24H,3-4H2,1-2H3. The van der Waals surface area contributed by atoms with Gasteiger partial charge in [0.2, 0.25) is 11.7 Å². The predicted octanol–water partition coefficient (Wildman–Crippen LogP) is 2.86. The summed E-state index contributed by atoms with van der Waals surface area (Å²) < 4.78 is 8.70. The summed E-state index contributed by atoms with van der Waals surface area (Å²) in [6.45, 7) is 3.86. The maximum atomic E-state index is 13.2. The van der Waals surface area contributed by atoms with Crippen molar-refractivity contribution in [2.75, 3.05) is 0 Å². The molecule has 0 saturated heterocycles. The summed E-state index contributed by atoms with van der Waals surface area (Å²) in [5.41, 5.74) is 2.03. The lowest BCUT2D eigenvalue weighted by molar-refractivity contribution is 0.380. The van der Waals surface area contributed by atoms with Gasteiger partial charge >= 0.3 is 0 Å². The highest BCUT2D eigenvalue weighted by Gasteiger charge is 2.31. The second kappa shape index (κ2) is 5.17. The average molecular weight is 351 g/mol. The monoisotopic (exact) mass is 351 g/mol. The third-order valence-electron chi connectivity index (χ3n) is 4.76.